The summed E-state index contributed by atoms with van der Waals surface area (Å²) in [6.45, 7) is 0.339. The van der Waals surface area contributed by atoms with Crippen LogP contribution in [0.3, 0.4) is 0 Å². The van der Waals surface area contributed by atoms with Gasteiger partial charge in [-0.15, -0.1) is 0 Å². The highest BCUT2D eigenvalue weighted by Gasteiger charge is 2.09. The Morgan fingerprint density at radius 3 is 2.26 bits per heavy atom. The maximum Gasteiger partial charge on any atom is 0.253 e. The molecule has 0 aliphatic heterocycles. The number of benzene rings is 3. The van der Waals surface area contributed by atoms with Gasteiger partial charge in [0.05, 0.1) is 22.1 Å². The fourth-order valence-corrected chi connectivity index (χ4v) is 3.95. The summed E-state index contributed by atoms with van der Waals surface area (Å²) in [4.78, 5) is 16.9. The third-order valence-electron chi connectivity index (χ3n) is 5.21. The predicted octanol–water partition coefficient (Wildman–Crippen LogP) is 4.75. The second-order valence-corrected chi connectivity index (χ2v) is 9.82. The number of pyridine rings is 1. The number of nitriles is 1. The van der Waals surface area contributed by atoms with Gasteiger partial charge in [-0.2, -0.15) is 5.26 Å². The molecule has 174 valence electrons. The summed E-state index contributed by atoms with van der Waals surface area (Å²) in [6, 6.07) is 26.4. The molecule has 0 bridgehead atoms. The molecular weight excluding hydrogens is 462 g/mol. The summed E-state index contributed by atoms with van der Waals surface area (Å²) in [5.41, 5.74) is 3.64. The zero-order valence-electron chi connectivity index (χ0n) is 18.8. The van der Waals surface area contributed by atoms with E-state index >= 15 is 0 Å². The van der Waals surface area contributed by atoms with Crippen LogP contribution in [0.25, 0.3) is 11.1 Å². The normalized spacial score (nSPS) is 10.9. The Bertz CT molecular complexity index is 1490. The van der Waals surface area contributed by atoms with E-state index in [0.29, 0.717) is 29.3 Å². The molecule has 0 saturated carbocycles. The molecule has 7 nitrogen and oxygen atoms in total. The number of hydrogen-bond acceptors (Lipinski definition) is 6. The van der Waals surface area contributed by atoms with Crippen LogP contribution in [0.4, 0.5) is 0 Å². The first kappa shape index (κ1) is 23.7. The smallest absolute Gasteiger partial charge is 0.253 e. The monoisotopic (exact) mass is 483 g/mol. The van der Waals surface area contributed by atoms with Gasteiger partial charge in [-0.1, -0.05) is 42.5 Å². The molecule has 1 N–H and O–H groups in total. The van der Waals surface area contributed by atoms with Crippen molar-refractivity contribution < 1.29 is 17.9 Å². The summed E-state index contributed by atoms with van der Waals surface area (Å²) in [7, 11) is -3.23. The minimum absolute atomic E-state index is 0.268. The van der Waals surface area contributed by atoms with Gasteiger partial charge in [0, 0.05) is 25.1 Å². The Balaban J connectivity index is 1.34. The van der Waals surface area contributed by atoms with E-state index in [1.54, 1.807) is 60.7 Å². The number of hydrogen-bond donors (Lipinski definition) is 1. The van der Waals surface area contributed by atoms with Crippen molar-refractivity contribution in [2.45, 2.75) is 11.4 Å². The summed E-state index contributed by atoms with van der Waals surface area (Å²) in [5.74, 6) is 0.538. The van der Waals surface area contributed by atoms with Crippen molar-refractivity contribution in [1.82, 2.24) is 10.3 Å². The highest BCUT2D eigenvalue weighted by atomic mass is 32.2. The first-order valence-electron chi connectivity index (χ1n) is 10.6. The summed E-state index contributed by atoms with van der Waals surface area (Å²) in [6.07, 6.45) is 2.61. The van der Waals surface area contributed by atoms with Crippen LogP contribution in [0.2, 0.25) is 0 Å². The fraction of sp³-hybridized carbons (Fsp3) is 0.0741. The van der Waals surface area contributed by atoms with Gasteiger partial charge in [0.1, 0.15) is 5.75 Å². The van der Waals surface area contributed by atoms with E-state index < -0.39 is 9.84 Å². The molecular formula is C27H21N3O4S. The highest BCUT2D eigenvalue weighted by Crippen LogP contribution is 2.22. The van der Waals surface area contributed by atoms with Crippen molar-refractivity contribution >= 4 is 15.7 Å². The molecule has 1 heterocycles. The molecule has 0 aliphatic carbocycles. The minimum Gasteiger partial charge on any atom is -0.439 e. The number of carbonyl (C=O) groups is 1. The van der Waals surface area contributed by atoms with E-state index in [9.17, 15) is 13.2 Å². The summed E-state index contributed by atoms with van der Waals surface area (Å²) < 4.78 is 28.9. The second kappa shape index (κ2) is 10.2. The molecule has 0 fully saturated rings. The van der Waals surface area contributed by atoms with Gasteiger partial charge in [0.25, 0.3) is 5.91 Å². The van der Waals surface area contributed by atoms with Gasteiger partial charge in [-0.05, 0) is 53.1 Å². The fourth-order valence-electron chi connectivity index (χ4n) is 3.32. The van der Waals surface area contributed by atoms with Crippen LogP contribution in [0.1, 0.15) is 21.5 Å². The van der Waals surface area contributed by atoms with Gasteiger partial charge in [-0.3, -0.25) is 4.79 Å². The highest BCUT2D eigenvalue weighted by molar-refractivity contribution is 7.90. The van der Waals surface area contributed by atoms with Crippen LogP contribution < -0.4 is 10.1 Å². The van der Waals surface area contributed by atoms with Crippen LogP contribution in [-0.4, -0.2) is 25.6 Å². The average molecular weight is 484 g/mol. The number of ether oxygens (including phenoxy) is 1. The number of nitrogens with zero attached hydrogens (tertiary/aromatic N) is 2. The lowest BCUT2D eigenvalue weighted by Crippen LogP contribution is -2.22. The van der Waals surface area contributed by atoms with Crippen LogP contribution in [0.15, 0.2) is 96.0 Å². The van der Waals surface area contributed by atoms with E-state index in [4.69, 9.17) is 10.00 Å². The molecule has 0 atom stereocenters. The number of aromatic nitrogens is 1. The van der Waals surface area contributed by atoms with Crippen LogP contribution >= 0.6 is 0 Å². The maximum atomic E-state index is 12.5. The van der Waals surface area contributed by atoms with Crippen molar-refractivity contribution in [3.8, 4) is 28.8 Å². The Morgan fingerprint density at radius 1 is 0.971 bits per heavy atom. The molecule has 4 aromatic rings. The molecule has 0 aliphatic rings. The SMILES string of the molecule is CS(=O)(=O)c1ccc(-c2ccc(CNC(=O)c3ccc(Oc4cccc(C#N)c4)nc3)cc2)cc1. The standard InChI is InChI=1S/C27H21N3O4S/c1-35(32,33)25-12-9-22(10-13-25)21-7-5-19(6-8-21)17-30-27(31)23-11-14-26(29-18-23)34-24-4-2-3-20(15-24)16-28/h2-15,18H,17H2,1H3,(H,30,31). The first-order chi connectivity index (χ1) is 16.8. The number of amides is 1. The molecule has 0 unspecified atom stereocenters. The molecule has 4 rings (SSSR count). The van der Waals surface area contributed by atoms with Crippen LogP contribution in [0.5, 0.6) is 11.6 Å². The quantitative estimate of drug-likeness (QED) is 0.406. The zero-order valence-corrected chi connectivity index (χ0v) is 19.6. The molecule has 0 spiro atoms. The number of carbonyl (C=O) groups excluding carboxylic acids is 1. The Labute approximate surface area is 203 Å². The topological polar surface area (TPSA) is 109 Å². The van der Waals surface area contributed by atoms with Crippen LogP contribution in [0, 0.1) is 11.3 Å². The van der Waals surface area contributed by atoms with Gasteiger partial charge in [-0.25, -0.2) is 13.4 Å². The Morgan fingerprint density at radius 2 is 1.66 bits per heavy atom. The molecule has 0 saturated heterocycles. The van der Waals surface area contributed by atoms with Crippen molar-refractivity contribution in [3.05, 3.63) is 108 Å². The van der Waals surface area contributed by atoms with E-state index in [2.05, 4.69) is 10.3 Å². The molecule has 8 heteroatoms. The summed E-state index contributed by atoms with van der Waals surface area (Å²) in [5, 5.41) is 11.8. The molecule has 35 heavy (non-hydrogen) atoms. The number of sulfone groups is 1. The lowest BCUT2D eigenvalue weighted by molar-refractivity contribution is 0.0950. The van der Waals surface area contributed by atoms with Crippen molar-refractivity contribution in [1.29, 1.82) is 5.26 Å². The van der Waals surface area contributed by atoms with E-state index in [1.807, 2.05) is 30.3 Å². The van der Waals surface area contributed by atoms with Crippen molar-refractivity contribution in [2.75, 3.05) is 6.26 Å². The van der Waals surface area contributed by atoms with Crippen molar-refractivity contribution in [3.63, 3.8) is 0 Å². The van der Waals surface area contributed by atoms with Gasteiger partial charge >= 0.3 is 0 Å². The van der Waals surface area contributed by atoms with E-state index in [1.165, 1.54) is 12.5 Å². The number of nitrogens with one attached hydrogen (secondary N) is 1. The molecule has 0 radical (unpaired) electrons. The Kier molecular flexibility index (Phi) is 6.90. The minimum atomic E-state index is -3.23. The second-order valence-electron chi connectivity index (χ2n) is 7.80. The molecule has 1 amide bonds. The maximum absolute atomic E-state index is 12.5. The lowest BCUT2D eigenvalue weighted by atomic mass is 10.0. The average Bonchev–Trinajstić information content (AvgIpc) is 2.88. The van der Waals surface area contributed by atoms with E-state index in [-0.39, 0.29) is 10.8 Å². The number of rotatable bonds is 7. The summed E-state index contributed by atoms with van der Waals surface area (Å²) >= 11 is 0. The van der Waals surface area contributed by atoms with Crippen LogP contribution in [-0.2, 0) is 16.4 Å². The first-order valence-corrected chi connectivity index (χ1v) is 12.5. The van der Waals surface area contributed by atoms with Crippen molar-refractivity contribution in [2.24, 2.45) is 0 Å². The third-order valence-corrected chi connectivity index (χ3v) is 6.34. The van der Waals surface area contributed by atoms with E-state index in [0.717, 1.165) is 16.7 Å². The molecule has 1 aromatic heterocycles. The lowest BCUT2D eigenvalue weighted by Gasteiger charge is -2.08. The Hall–Kier alpha value is -4.48. The largest absolute Gasteiger partial charge is 0.439 e. The third kappa shape index (κ3) is 6.10. The van der Waals surface area contributed by atoms with Gasteiger partial charge in [0.15, 0.2) is 9.84 Å². The zero-order chi connectivity index (χ0) is 24.8. The van der Waals surface area contributed by atoms with Gasteiger partial charge < -0.3 is 10.1 Å². The van der Waals surface area contributed by atoms with Gasteiger partial charge in [0.2, 0.25) is 5.88 Å². The molecule has 3 aromatic carbocycles. The predicted molar refractivity (Wildman–Crippen MR) is 132 cm³/mol.